The predicted molar refractivity (Wildman–Crippen MR) is 81.0 cm³/mol. The summed E-state index contributed by atoms with van der Waals surface area (Å²) in [6, 6.07) is 6.51. The fourth-order valence-corrected chi connectivity index (χ4v) is 2.16. The number of anilines is 1. The molecule has 0 aromatic carbocycles. The van der Waals surface area contributed by atoms with Crippen LogP contribution in [0.1, 0.15) is 37.2 Å². The summed E-state index contributed by atoms with van der Waals surface area (Å²) in [5, 5.41) is 6.07. The lowest BCUT2D eigenvalue weighted by Gasteiger charge is -2.24. The van der Waals surface area contributed by atoms with Gasteiger partial charge in [0.25, 0.3) is 5.91 Å². The Labute approximate surface area is 120 Å². The lowest BCUT2D eigenvalue weighted by molar-refractivity contribution is 0.0934. The van der Waals surface area contributed by atoms with Crippen molar-refractivity contribution in [2.75, 3.05) is 25.5 Å². The van der Waals surface area contributed by atoms with Gasteiger partial charge in [-0.25, -0.2) is 4.98 Å². The van der Waals surface area contributed by atoms with Crippen molar-refractivity contribution in [3.8, 4) is 0 Å². The lowest BCUT2D eigenvalue weighted by Crippen LogP contribution is -2.41. The van der Waals surface area contributed by atoms with Crippen LogP contribution in [0.4, 0.5) is 5.82 Å². The van der Waals surface area contributed by atoms with Crippen LogP contribution >= 0.6 is 0 Å². The van der Waals surface area contributed by atoms with Crippen LogP contribution < -0.4 is 10.6 Å². The Morgan fingerprint density at radius 3 is 2.90 bits per heavy atom. The number of aromatic nitrogens is 1. The molecule has 1 aromatic heterocycles. The lowest BCUT2D eigenvalue weighted by atomic mass is 10.2. The van der Waals surface area contributed by atoms with Crippen molar-refractivity contribution in [1.82, 2.24) is 15.2 Å². The van der Waals surface area contributed by atoms with Crippen LogP contribution in [0.25, 0.3) is 0 Å². The summed E-state index contributed by atoms with van der Waals surface area (Å²) in [6.07, 6.45) is 2.56. The largest absolute Gasteiger partial charge is 0.370 e. The maximum absolute atomic E-state index is 12.1. The van der Waals surface area contributed by atoms with Gasteiger partial charge in [-0.3, -0.25) is 9.69 Å². The first kappa shape index (κ1) is 14.8. The van der Waals surface area contributed by atoms with Crippen molar-refractivity contribution in [2.45, 2.75) is 38.8 Å². The van der Waals surface area contributed by atoms with Crippen molar-refractivity contribution in [2.24, 2.45) is 0 Å². The molecule has 0 saturated heterocycles. The van der Waals surface area contributed by atoms with E-state index >= 15 is 0 Å². The van der Waals surface area contributed by atoms with E-state index in [-0.39, 0.29) is 5.91 Å². The zero-order chi connectivity index (χ0) is 14.5. The molecule has 0 aliphatic heterocycles. The van der Waals surface area contributed by atoms with Crippen LogP contribution in [0.3, 0.4) is 0 Å². The van der Waals surface area contributed by atoms with Gasteiger partial charge in [0.2, 0.25) is 0 Å². The first-order valence-corrected chi connectivity index (χ1v) is 7.33. The van der Waals surface area contributed by atoms with Crippen molar-refractivity contribution in [1.29, 1.82) is 0 Å². The van der Waals surface area contributed by atoms with Crippen LogP contribution in [0.2, 0.25) is 0 Å². The summed E-state index contributed by atoms with van der Waals surface area (Å²) in [5.41, 5.74) is 0.463. The zero-order valence-corrected chi connectivity index (χ0v) is 12.5. The fourth-order valence-electron chi connectivity index (χ4n) is 2.16. The SMILES string of the molecule is CCNc1cccc(C(=O)NCC(C)N(C)C2CC2)n1. The molecule has 1 aliphatic carbocycles. The first-order valence-electron chi connectivity index (χ1n) is 7.33. The minimum Gasteiger partial charge on any atom is -0.370 e. The highest BCUT2D eigenvalue weighted by Gasteiger charge is 2.29. The van der Waals surface area contributed by atoms with Gasteiger partial charge in [-0.1, -0.05) is 6.07 Å². The monoisotopic (exact) mass is 276 g/mol. The number of amides is 1. The van der Waals surface area contributed by atoms with Crippen LogP contribution in [-0.2, 0) is 0 Å². The average Bonchev–Trinajstić information content (AvgIpc) is 3.29. The van der Waals surface area contributed by atoms with E-state index in [4.69, 9.17) is 0 Å². The first-order chi connectivity index (χ1) is 9.61. The van der Waals surface area contributed by atoms with Gasteiger partial charge in [0, 0.05) is 25.2 Å². The fraction of sp³-hybridized carbons (Fsp3) is 0.600. The van der Waals surface area contributed by atoms with Gasteiger partial charge in [-0.2, -0.15) is 0 Å². The maximum Gasteiger partial charge on any atom is 0.270 e. The summed E-state index contributed by atoms with van der Waals surface area (Å²) in [4.78, 5) is 18.7. The molecule has 20 heavy (non-hydrogen) atoms. The number of nitrogens with one attached hydrogen (secondary N) is 2. The van der Waals surface area contributed by atoms with Crippen molar-refractivity contribution >= 4 is 11.7 Å². The topological polar surface area (TPSA) is 57.3 Å². The molecule has 2 N–H and O–H groups in total. The summed E-state index contributed by atoms with van der Waals surface area (Å²) >= 11 is 0. The standard InChI is InChI=1S/C15H24N4O/c1-4-16-14-7-5-6-13(18-14)15(20)17-10-11(2)19(3)12-8-9-12/h5-7,11-12H,4,8-10H2,1-3H3,(H,16,18)(H,17,20). The molecule has 1 fully saturated rings. The molecule has 110 valence electrons. The maximum atomic E-state index is 12.1. The zero-order valence-electron chi connectivity index (χ0n) is 12.5. The second-order valence-corrected chi connectivity index (χ2v) is 5.39. The Balaban J connectivity index is 1.86. The summed E-state index contributed by atoms with van der Waals surface area (Å²) < 4.78 is 0. The third-order valence-electron chi connectivity index (χ3n) is 3.72. The molecule has 1 atom stereocenters. The number of nitrogens with zero attached hydrogens (tertiary/aromatic N) is 2. The van der Waals surface area contributed by atoms with E-state index in [2.05, 4.69) is 34.5 Å². The molecular formula is C15H24N4O. The van der Waals surface area contributed by atoms with E-state index < -0.39 is 0 Å². The molecule has 0 spiro atoms. The number of carbonyl (C=O) groups excluding carboxylic acids is 1. The molecule has 5 heteroatoms. The highest BCUT2D eigenvalue weighted by Crippen LogP contribution is 2.26. The predicted octanol–water partition coefficient (Wildman–Crippen LogP) is 1.73. The molecule has 0 radical (unpaired) electrons. The molecule has 0 bridgehead atoms. The molecule has 1 aliphatic rings. The molecule has 2 rings (SSSR count). The Morgan fingerprint density at radius 2 is 2.25 bits per heavy atom. The van der Waals surface area contributed by atoms with E-state index in [0.717, 1.165) is 12.4 Å². The van der Waals surface area contributed by atoms with Crippen molar-refractivity contribution < 1.29 is 4.79 Å². The van der Waals surface area contributed by atoms with Gasteiger partial charge in [0.15, 0.2) is 0 Å². The van der Waals surface area contributed by atoms with E-state index in [1.54, 1.807) is 6.07 Å². The Morgan fingerprint density at radius 1 is 1.50 bits per heavy atom. The van der Waals surface area contributed by atoms with E-state index in [0.29, 0.717) is 24.3 Å². The highest BCUT2D eigenvalue weighted by atomic mass is 16.1. The van der Waals surface area contributed by atoms with E-state index in [9.17, 15) is 4.79 Å². The second-order valence-electron chi connectivity index (χ2n) is 5.39. The number of carbonyl (C=O) groups is 1. The smallest absolute Gasteiger partial charge is 0.270 e. The Hall–Kier alpha value is -1.62. The minimum atomic E-state index is -0.110. The van der Waals surface area contributed by atoms with Gasteiger partial charge in [0.05, 0.1) is 0 Å². The Bertz CT molecular complexity index is 459. The van der Waals surface area contributed by atoms with Gasteiger partial charge in [-0.05, 0) is 45.9 Å². The third-order valence-corrected chi connectivity index (χ3v) is 3.72. The summed E-state index contributed by atoms with van der Waals surface area (Å²) in [6.45, 7) is 5.59. The van der Waals surface area contributed by atoms with Crippen LogP contribution in [0.15, 0.2) is 18.2 Å². The van der Waals surface area contributed by atoms with Crippen molar-refractivity contribution in [3.63, 3.8) is 0 Å². The molecule has 1 saturated carbocycles. The van der Waals surface area contributed by atoms with Crippen LogP contribution in [-0.4, -0.2) is 48.0 Å². The van der Waals surface area contributed by atoms with E-state index in [1.165, 1.54) is 12.8 Å². The molecule has 1 unspecified atom stereocenters. The van der Waals surface area contributed by atoms with Crippen molar-refractivity contribution in [3.05, 3.63) is 23.9 Å². The molecule has 1 heterocycles. The van der Waals surface area contributed by atoms with Gasteiger partial charge in [-0.15, -0.1) is 0 Å². The van der Waals surface area contributed by atoms with Gasteiger partial charge in [0.1, 0.15) is 11.5 Å². The number of hydrogen-bond acceptors (Lipinski definition) is 4. The summed E-state index contributed by atoms with van der Waals surface area (Å²) in [5.74, 6) is 0.629. The Kier molecular flexibility index (Phi) is 4.95. The number of likely N-dealkylation sites (N-methyl/N-ethyl adjacent to an activating group) is 1. The quantitative estimate of drug-likeness (QED) is 0.796. The second kappa shape index (κ2) is 6.70. The van der Waals surface area contributed by atoms with Gasteiger partial charge < -0.3 is 10.6 Å². The molecule has 1 aromatic rings. The average molecular weight is 276 g/mol. The number of pyridine rings is 1. The normalized spacial score (nSPS) is 16.0. The highest BCUT2D eigenvalue weighted by molar-refractivity contribution is 5.92. The summed E-state index contributed by atoms with van der Waals surface area (Å²) in [7, 11) is 2.12. The van der Waals surface area contributed by atoms with Crippen LogP contribution in [0.5, 0.6) is 0 Å². The number of hydrogen-bond donors (Lipinski definition) is 2. The number of rotatable bonds is 7. The van der Waals surface area contributed by atoms with E-state index in [1.807, 2.05) is 19.1 Å². The minimum absolute atomic E-state index is 0.110. The van der Waals surface area contributed by atoms with Gasteiger partial charge >= 0.3 is 0 Å². The third kappa shape index (κ3) is 3.93. The molecule has 5 nitrogen and oxygen atoms in total. The molecule has 1 amide bonds. The van der Waals surface area contributed by atoms with Crippen LogP contribution in [0, 0.1) is 0 Å². The molecular weight excluding hydrogens is 252 g/mol.